The molecule has 22 heavy (non-hydrogen) atoms. The molecule has 120 valence electrons. The standard InChI is InChI=1S/C16H21NO5/c1-16(2)21-14-13(19-10-11-7-5-4-6-8-11)12(9-17-18-3)20-15(14)22-16/h4-9,12-15H,10H2,1-3H3/b17-9-/t12-,13-,14-,15-/m1/s1. The van der Waals surface area contributed by atoms with Crippen molar-refractivity contribution in [2.24, 2.45) is 5.16 Å². The molecule has 0 spiro atoms. The lowest BCUT2D eigenvalue weighted by Crippen LogP contribution is -2.37. The highest BCUT2D eigenvalue weighted by molar-refractivity contribution is 5.64. The zero-order valence-electron chi connectivity index (χ0n) is 13.0. The van der Waals surface area contributed by atoms with Gasteiger partial charge in [-0.05, 0) is 19.4 Å². The molecule has 0 unspecified atom stereocenters. The number of oxime groups is 1. The average molecular weight is 307 g/mol. The van der Waals surface area contributed by atoms with Gasteiger partial charge in [0.2, 0.25) is 0 Å². The van der Waals surface area contributed by atoms with E-state index in [0.717, 1.165) is 5.56 Å². The molecule has 0 aromatic heterocycles. The molecule has 0 radical (unpaired) electrons. The molecule has 2 fully saturated rings. The van der Waals surface area contributed by atoms with Crippen LogP contribution in [0.1, 0.15) is 19.4 Å². The molecule has 2 aliphatic rings. The smallest absolute Gasteiger partial charge is 0.190 e. The van der Waals surface area contributed by atoms with Gasteiger partial charge in [0.15, 0.2) is 12.1 Å². The van der Waals surface area contributed by atoms with E-state index < -0.39 is 12.1 Å². The first-order chi connectivity index (χ1) is 10.6. The number of rotatable bonds is 5. The van der Waals surface area contributed by atoms with E-state index in [1.807, 2.05) is 44.2 Å². The second-order valence-electron chi connectivity index (χ2n) is 5.77. The van der Waals surface area contributed by atoms with E-state index in [1.54, 1.807) is 6.21 Å². The van der Waals surface area contributed by atoms with Gasteiger partial charge in [-0.15, -0.1) is 0 Å². The van der Waals surface area contributed by atoms with Crippen molar-refractivity contribution in [3.05, 3.63) is 35.9 Å². The first-order valence-corrected chi connectivity index (χ1v) is 7.32. The van der Waals surface area contributed by atoms with Gasteiger partial charge >= 0.3 is 0 Å². The fourth-order valence-electron chi connectivity index (χ4n) is 2.70. The maximum Gasteiger partial charge on any atom is 0.190 e. The van der Waals surface area contributed by atoms with Crippen LogP contribution in [0.4, 0.5) is 0 Å². The Morgan fingerprint density at radius 1 is 1.23 bits per heavy atom. The largest absolute Gasteiger partial charge is 0.399 e. The predicted molar refractivity (Wildman–Crippen MR) is 79.2 cm³/mol. The summed E-state index contributed by atoms with van der Waals surface area (Å²) in [5.41, 5.74) is 1.09. The Labute approximate surface area is 129 Å². The van der Waals surface area contributed by atoms with Crippen molar-refractivity contribution < 1.29 is 23.8 Å². The summed E-state index contributed by atoms with van der Waals surface area (Å²) < 4.78 is 23.5. The fraction of sp³-hybridized carbons (Fsp3) is 0.562. The Bertz CT molecular complexity index is 519. The van der Waals surface area contributed by atoms with Crippen molar-refractivity contribution >= 4 is 6.21 Å². The Balaban J connectivity index is 1.70. The van der Waals surface area contributed by atoms with E-state index >= 15 is 0 Å². The second-order valence-corrected chi connectivity index (χ2v) is 5.77. The lowest BCUT2D eigenvalue weighted by molar-refractivity contribution is -0.210. The number of hydrogen-bond donors (Lipinski definition) is 0. The van der Waals surface area contributed by atoms with Crippen molar-refractivity contribution in [2.75, 3.05) is 7.11 Å². The minimum absolute atomic E-state index is 0.285. The zero-order chi connectivity index (χ0) is 15.6. The lowest BCUT2D eigenvalue weighted by atomic mass is 10.1. The SMILES string of the molecule is CO/N=C\[C@H]1O[C@@H]2OC(C)(C)O[C@@H]2[C@@H]1OCc1ccccc1. The first-order valence-electron chi connectivity index (χ1n) is 7.32. The molecule has 2 aliphatic heterocycles. The molecular weight excluding hydrogens is 286 g/mol. The molecular formula is C16H21NO5. The summed E-state index contributed by atoms with van der Waals surface area (Å²) >= 11 is 0. The molecule has 0 N–H and O–H groups in total. The summed E-state index contributed by atoms with van der Waals surface area (Å²) in [7, 11) is 1.49. The maximum atomic E-state index is 6.03. The van der Waals surface area contributed by atoms with Crippen LogP contribution in [0.2, 0.25) is 0 Å². The van der Waals surface area contributed by atoms with Crippen molar-refractivity contribution in [1.29, 1.82) is 0 Å². The first kappa shape index (κ1) is 15.4. The molecule has 0 amide bonds. The van der Waals surface area contributed by atoms with E-state index in [0.29, 0.717) is 6.61 Å². The normalized spacial score (nSPS) is 33.2. The van der Waals surface area contributed by atoms with Crippen LogP contribution in [-0.2, 0) is 30.4 Å². The summed E-state index contributed by atoms with van der Waals surface area (Å²) in [6.45, 7) is 4.20. The Morgan fingerprint density at radius 2 is 2.00 bits per heavy atom. The van der Waals surface area contributed by atoms with E-state index in [4.69, 9.17) is 23.8 Å². The van der Waals surface area contributed by atoms with E-state index in [2.05, 4.69) is 5.16 Å². The van der Waals surface area contributed by atoms with Gasteiger partial charge in [-0.1, -0.05) is 35.5 Å². The van der Waals surface area contributed by atoms with Crippen LogP contribution in [0.5, 0.6) is 0 Å². The third-order valence-corrected chi connectivity index (χ3v) is 3.63. The van der Waals surface area contributed by atoms with E-state index in [-0.39, 0.29) is 18.3 Å². The average Bonchev–Trinajstić information content (AvgIpc) is 2.95. The van der Waals surface area contributed by atoms with Crippen molar-refractivity contribution in [3.63, 3.8) is 0 Å². The number of ether oxygens (including phenoxy) is 4. The van der Waals surface area contributed by atoms with Crippen LogP contribution in [-0.4, -0.2) is 43.7 Å². The monoisotopic (exact) mass is 307 g/mol. The van der Waals surface area contributed by atoms with Crippen LogP contribution < -0.4 is 0 Å². The maximum absolute atomic E-state index is 6.03. The molecule has 1 aromatic carbocycles. The van der Waals surface area contributed by atoms with Gasteiger partial charge in [0.25, 0.3) is 0 Å². The van der Waals surface area contributed by atoms with Crippen molar-refractivity contribution in [3.8, 4) is 0 Å². The Hall–Kier alpha value is -1.47. The highest BCUT2D eigenvalue weighted by atomic mass is 16.8. The highest BCUT2D eigenvalue weighted by Crippen LogP contribution is 2.38. The van der Waals surface area contributed by atoms with Gasteiger partial charge in [-0.3, -0.25) is 0 Å². The minimum Gasteiger partial charge on any atom is -0.399 e. The molecule has 6 nitrogen and oxygen atoms in total. The third-order valence-electron chi connectivity index (χ3n) is 3.63. The molecule has 1 aromatic rings. The van der Waals surface area contributed by atoms with Gasteiger partial charge in [0.05, 0.1) is 12.8 Å². The Kier molecular flexibility index (Phi) is 4.44. The summed E-state index contributed by atoms with van der Waals surface area (Å²) in [6, 6.07) is 9.97. The van der Waals surface area contributed by atoms with Gasteiger partial charge in [0, 0.05) is 0 Å². The van der Waals surface area contributed by atoms with Crippen LogP contribution in [0, 0.1) is 0 Å². The van der Waals surface area contributed by atoms with Crippen LogP contribution in [0.25, 0.3) is 0 Å². The van der Waals surface area contributed by atoms with Gasteiger partial charge in [-0.25, -0.2) is 0 Å². The molecule has 2 heterocycles. The van der Waals surface area contributed by atoms with Crippen molar-refractivity contribution in [2.45, 2.75) is 50.8 Å². The van der Waals surface area contributed by atoms with Gasteiger partial charge in [-0.2, -0.15) is 0 Å². The number of hydrogen-bond acceptors (Lipinski definition) is 6. The Morgan fingerprint density at radius 3 is 2.73 bits per heavy atom. The van der Waals surface area contributed by atoms with Crippen LogP contribution in [0.15, 0.2) is 35.5 Å². The second kappa shape index (κ2) is 6.34. The number of nitrogens with zero attached hydrogens (tertiary/aromatic N) is 1. The summed E-state index contributed by atoms with van der Waals surface area (Å²) in [4.78, 5) is 4.73. The molecule has 2 saturated heterocycles. The molecule has 4 atom stereocenters. The minimum atomic E-state index is -0.674. The predicted octanol–water partition coefficient (Wildman–Crippen LogP) is 2.08. The fourth-order valence-corrected chi connectivity index (χ4v) is 2.70. The van der Waals surface area contributed by atoms with Crippen molar-refractivity contribution in [1.82, 2.24) is 0 Å². The highest BCUT2D eigenvalue weighted by Gasteiger charge is 2.55. The van der Waals surface area contributed by atoms with E-state index in [9.17, 15) is 0 Å². The molecule has 0 bridgehead atoms. The van der Waals surface area contributed by atoms with Gasteiger partial charge in [0.1, 0.15) is 25.4 Å². The van der Waals surface area contributed by atoms with Crippen LogP contribution >= 0.6 is 0 Å². The quantitative estimate of drug-likeness (QED) is 0.616. The zero-order valence-corrected chi connectivity index (χ0v) is 13.0. The third kappa shape index (κ3) is 3.30. The molecule has 0 aliphatic carbocycles. The number of benzene rings is 1. The molecule has 6 heteroatoms. The number of fused-ring (bicyclic) bond motifs is 1. The van der Waals surface area contributed by atoms with Gasteiger partial charge < -0.3 is 23.8 Å². The summed E-state index contributed by atoms with van der Waals surface area (Å²) in [5.74, 6) is -0.674. The topological polar surface area (TPSA) is 58.5 Å². The van der Waals surface area contributed by atoms with E-state index in [1.165, 1.54) is 7.11 Å². The molecule has 3 rings (SSSR count). The summed E-state index contributed by atoms with van der Waals surface area (Å²) in [5, 5.41) is 3.78. The lowest BCUT2D eigenvalue weighted by Gasteiger charge is -2.24. The van der Waals surface area contributed by atoms with Crippen LogP contribution in [0.3, 0.4) is 0 Å². The summed E-state index contributed by atoms with van der Waals surface area (Å²) in [6.07, 6.45) is 0.171. The molecule has 0 saturated carbocycles.